The number of nitriles is 1. The highest BCUT2D eigenvalue weighted by Crippen LogP contribution is 2.32. The van der Waals surface area contributed by atoms with Gasteiger partial charge in [0.25, 0.3) is 0 Å². The maximum absolute atomic E-state index is 12.1. The number of esters is 1. The topological polar surface area (TPSA) is 79.6 Å². The molecule has 1 fully saturated rings. The molecule has 6 heteroatoms. The lowest BCUT2D eigenvalue weighted by Gasteiger charge is -2.37. The molecule has 2 rings (SSSR count). The molecule has 0 aliphatic carbocycles. The summed E-state index contributed by atoms with van der Waals surface area (Å²) in [7, 11) is 0. The fraction of sp³-hybridized carbons (Fsp3) is 0.526. The highest BCUT2D eigenvalue weighted by atomic mass is 16.6. The molecule has 1 aromatic rings. The maximum Gasteiger partial charge on any atom is 0.410 e. The van der Waals surface area contributed by atoms with E-state index in [0.717, 1.165) is 0 Å². The zero-order chi connectivity index (χ0) is 18.5. The van der Waals surface area contributed by atoms with Crippen LogP contribution >= 0.6 is 0 Å². The molecule has 1 amide bonds. The van der Waals surface area contributed by atoms with E-state index in [0.29, 0.717) is 31.5 Å². The van der Waals surface area contributed by atoms with Gasteiger partial charge in [0, 0.05) is 13.1 Å². The van der Waals surface area contributed by atoms with Gasteiger partial charge in [0.2, 0.25) is 0 Å². The van der Waals surface area contributed by atoms with E-state index < -0.39 is 17.0 Å². The van der Waals surface area contributed by atoms with Gasteiger partial charge in [-0.25, -0.2) is 9.59 Å². The van der Waals surface area contributed by atoms with Crippen LogP contribution in [0, 0.1) is 16.7 Å². The summed E-state index contributed by atoms with van der Waals surface area (Å²) in [5.74, 6) is -0.440. The normalized spacial score (nSPS) is 16.6. The van der Waals surface area contributed by atoms with Gasteiger partial charge in [0.1, 0.15) is 12.2 Å². The third-order valence-corrected chi connectivity index (χ3v) is 4.10. The van der Waals surface area contributed by atoms with E-state index in [4.69, 9.17) is 9.47 Å². The number of rotatable bonds is 3. The van der Waals surface area contributed by atoms with Gasteiger partial charge in [-0.15, -0.1) is 0 Å². The molecule has 0 unspecified atom stereocenters. The molecule has 0 aromatic heterocycles. The van der Waals surface area contributed by atoms with E-state index in [1.165, 1.54) is 0 Å². The van der Waals surface area contributed by atoms with Gasteiger partial charge in [-0.1, -0.05) is 18.2 Å². The summed E-state index contributed by atoms with van der Waals surface area (Å²) in [4.78, 5) is 25.8. The van der Waals surface area contributed by atoms with Crippen LogP contribution in [0.3, 0.4) is 0 Å². The van der Waals surface area contributed by atoms with Crippen LogP contribution in [0.25, 0.3) is 0 Å². The Morgan fingerprint density at radius 1 is 1.20 bits per heavy atom. The molecule has 0 bridgehead atoms. The lowest BCUT2D eigenvalue weighted by atomic mass is 9.80. The fourth-order valence-corrected chi connectivity index (χ4v) is 2.59. The van der Waals surface area contributed by atoms with Gasteiger partial charge in [-0.2, -0.15) is 5.26 Å². The average molecular weight is 344 g/mol. The number of carbonyl (C=O) groups excluding carboxylic acids is 2. The van der Waals surface area contributed by atoms with Crippen molar-refractivity contribution in [3.05, 3.63) is 35.9 Å². The SMILES string of the molecule is CC(C)(C)OC(=O)N1CCC(C#N)(COC(=O)c2ccccc2)CC1. The van der Waals surface area contributed by atoms with Crippen molar-refractivity contribution in [1.82, 2.24) is 4.90 Å². The van der Waals surface area contributed by atoms with Crippen molar-refractivity contribution in [3.63, 3.8) is 0 Å². The molecule has 6 nitrogen and oxygen atoms in total. The van der Waals surface area contributed by atoms with Crippen molar-refractivity contribution in [2.75, 3.05) is 19.7 Å². The van der Waals surface area contributed by atoms with Crippen LogP contribution in [0.4, 0.5) is 4.79 Å². The largest absolute Gasteiger partial charge is 0.460 e. The zero-order valence-electron chi connectivity index (χ0n) is 14.9. The Labute approximate surface area is 148 Å². The zero-order valence-corrected chi connectivity index (χ0v) is 14.9. The summed E-state index contributed by atoms with van der Waals surface area (Å²) in [6.45, 7) is 6.29. The van der Waals surface area contributed by atoms with Gasteiger partial charge in [-0.3, -0.25) is 0 Å². The molecular formula is C19H24N2O4. The molecule has 1 heterocycles. The highest BCUT2D eigenvalue weighted by molar-refractivity contribution is 5.89. The summed E-state index contributed by atoms with van der Waals surface area (Å²) in [5.41, 5.74) is -0.851. The number of hydrogen-bond donors (Lipinski definition) is 0. The van der Waals surface area contributed by atoms with E-state index in [9.17, 15) is 14.9 Å². The molecule has 1 aliphatic rings. The summed E-state index contributed by atoms with van der Waals surface area (Å²) < 4.78 is 10.7. The molecule has 1 aromatic carbocycles. The van der Waals surface area contributed by atoms with E-state index in [1.54, 1.807) is 29.2 Å². The van der Waals surface area contributed by atoms with E-state index in [2.05, 4.69) is 6.07 Å². The average Bonchev–Trinajstić information content (AvgIpc) is 2.59. The molecule has 0 atom stereocenters. The Morgan fingerprint density at radius 3 is 2.32 bits per heavy atom. The van der Waals surface area contributed by atoms with Crippen LogP contribution in [0.15, 0.2) is 30.3 Å². The second kappa shape index (κ2) is 7.56. The van der Waals surface area contributed by atoms with Gasteiger partial charge >= 0.3 is 12.1 Å². The Kier molecular flexibility index (Phi) is 5.68. The first-order valence-electron chi connectivity index (χ1n) is 8.36. The molecule has 0 saturated carbocycles. The lowest BCUT2D eigenvalue weighted by Crippen LogP contribution is -2.46. The van der Waals surface area contributed by atoms with E-state index in [1.807, 2.05) is 26.8 Å². The third-order valence-electron chi connectivity index (χ3n) is 4.10. The van der Waals surface area contributed by atoms with Crippen molar-refractivity contribution >= 4 is 12.1 Å². The monoisotopic (exact) mass is 344 g/mol. The van der Waals surface area contributed by atoms with Crippen molar-refractivity contribution in [3.8, 4) is 6.07 Å². The first kappa shape index (κ1) is 18.8. The Balaban J connectivity index is 1.90. The predicted molar refractivity (Wildman–Crippen MR) is 91.8 cm³/mol. The number of benzene rings is 1. The fourth-order valence-electron chi connectivity index (χ4n) is 2.59. The van der Waals surface area contributed by atoms with Crippen molar-refractivity contribution in [1.29, 1.82) is 5.26 Å². The van der Waals surface area contributed by atoms with Crippen LogP contribution in [0.5, 0.6) is 0 Å². The summed E-state index contributed by atoms with van der Waals surface area (Å²) in [6, 6.07) is 11.0. The number of piperidine rings is 1. The van der Waals surface area contributed by atoms with Crippen LogP contribution < -0.4 is 0 Å². The molecule has 25 heavy (non-hydrogen) atoms. The quantitative estimate of drug-likeness (QED) is 0.785. The number of carbonyl (C=O) groups is 2. The Hall–Kier alpha value is -2.55. The number of nitrogens with zero attached hydrogens (tertiary/aromatic N) is 2. The number of amides is 1. The number of likely N-dealkylation sites (tertiary alicyclic amines) is 1. The molecule has 1 aliphatic heterocycles. The van der Waals surface area contributed by atoms with Crippen LogP contribution in [-0.4, -0.2) is 42.3 Å². The van der Waals surface area contributed by atoms with Crippen LogP contribution in [-0.2, 0) is 9.47 Å². The van der Waals surface area contributed by atoms with E-state index in [-0.39, 0.29) is 12.7 Å². The molecule has 134 valence electrons. The van der Waals surface area contributed by atoms with Gasteiger partial charge < -0.3 is 14.4 Å². The summed E-state index contributed by atoms with van der Waals surface area (Å²) >= 11 is 0. The minimum Gasteiger partial charge on any atom is -0.460 e. The highest BCUT2D eigenvalue weighted by Gasteiger charge is 2.38. The summed E-state index contributed by atoms with van der Waals surface area (Å²) in [6.07, 6.45) is 0.524. The lowest BCUT2D eigenvalue weighted by molar-refractivity contribution is 0.00220. The van der Waals surface area contributed by atoms with Crippen molar-refractivity contribution in [2.45, 2.75) is 39.2 Å². The molecule has 0 spiro atoms. The predicted octanol–water partition coefficient (Wildman–Crippen LogP) is 3.38. The standard InChI is InChI=1S/C19H24N2O4/c1-18(2,3)25-17(23)21-11-9-19(13-20,10-12-21)14-24-16(22)15-7-5-4-6-8-15/h4-8H,9-12,14H2,1-3H3. The second-order valence-electron chi connectivity index (χ2n) is 7.30. The van der Waals surface area contributed by atoms with Gasteiger partial charge in [0.05, 0.1) is 17.0 Å². The van der Waals surface area contributed by atoms with E-state index >= 15 is 0 Å². The Morgan fingerprint density at radius 2 is 1.80 bits per heavy atom. The van der Waals surface area contributed by atoms with Gasteiger partial charge in [-0.05, 0) is 45.7 Å². The first-order valence-corrected chi connectivity index (χ1v) is 8.36. The summed E-state index contributed by atoms with van der Waals surface area (Å²) in [5, 5.41) is 9.56. The smallest absolute Gasteiger partial charge is 0.410 e. The molecule has 0 radical (unpaired) electrons. The second-order valence-corrected chi connectivity index (χ2v) is 7.30. The van der Waals surface area contributed by atoms with Crippen molar-refractivity contribution < 1.29 is 19.1 Å². The minimum absolute atomic E-state index is 0.0272. The molecule has 0 N–H and O–H groups in total. The van der Waals surface area contributed by atoms with Crippen LogP contribution in [0.2, 0.25) is 0 Å². The molecular weight excluding hydrogens is 320 g/mol. The maximum atomic E-state index is 12.1. The minimum atomic E-state index is -0.761. The number of ether oxygens (including phenoxy) is 2. The first-order chi connectivity index (χ1) is 11.7. The third kappa shape index (κ3) is 5.21. The number of hydrogen-bond acceptors (Lipinski definition) is 5. The van der Waals surface area contributed by atoms with Crippen LogP contribution in [0.1, 0.15) is 44.0 Å². The Bertz CT molecular complexity index is 650. The van der Waals surface area contributed by atoms with Crippen molar-refractivity contribution in [2.24, 2.45) is 5.41 Å². The van der Waals surface area contributed by atoms with Gasteiger partial charge in [0.15, 0.2) is 0 Å². The molecule has 1 saturated heterocycles.